The van der Waals surface area contributed by atoms with Gasteiger partial charge in [-0.15, -0.1) is 10.2 Å². The van der Waals surface area contributed by atoms with Gasteiger partial charge in [0.1, 0.15) is 5.76 Å². The van der Waals surface area contributed by atoms with Crippen molar-refractivity contribution in [2.45, 2.75) is 29.8 Å². The Hall–Kier alpha value is -1.59. The molecule has 1 amide bonds. The Bertz CT molecular complexity index is 834. The van der Waals surface area contributed by atoms with Gasteiger partial charge in [0, 0.05) is 0 Å². The van der Waals surface area contributed by atoms with E-state index in [1.807, 2.05) is 12.1 Å². The molecule has 0 bridgehead atoms. The van der Waals surface area contributed by atoms with E-state index in [0.717, 1.165) is 5.76 Å². The minimum Gasteiger partial charge on any atom is -0.467 e. The largest absolute Gasteiger partial charge is 0.467 e. The lowest BCUT2D eigenvalue weighted by molar-refractivity contribution is -0.120. The molecule has 8 nitrogen and oxygen atoms in total. The van der Waals surface area contributed by atoms with Crippen LogP contribution in [0.2, 0.25) is 0 Å². The van der Waals surface area contributed by atoms with Crippen LogP contribution in [0.1, 0.15) is 19.1 Å². The van der Waals surface area contributed by atoms with Crippen molar-refractivity contribution in [3.63, 3.8) is 0 Å². The Morgan fingerprint density at radius 1 is 1.48 bits per heavy atom. The topological polar surface area (TPSA) is 114 Å². The monoisotopic (exact) mass is 402 g/mol. The van der Waals surface area contributed by atoms with E-state index in [1.165, 1.54) is 23.1 Å². The summed E-state index contributed by atoms with van der Waals surface area (Å²) in [6.45, 7) is 2.28. The molecule has 1 aliphatic rings. The van der Waals surface area contributed by atoms with Crippen LogP contribution in [0, 0.1) is 0 Å². The SMILES string of the molecule is C[C@]1(NC(=O)CSc2nnc(NCc3ccco3)s2)CCS(=O)(=O)C1. The quantitative estimate of drug-likeness (QED) is 0.670. The minimum atomic E-state index is -3.05. The highest BCUT2D eigenvalue weighted by atomic mass is 32.2. The predicted octanol–water partition coefficient (Wildman–Crippen LogP) is 1.53. The van der Waals surface area contributed by atoms with Gasteiger partial charge in [0.2, 0.25) is 11.0 Å². The first-order valence-corrected chi connectivity index (χ1v) is 11.2. The van der Waals surface area contributed by atoms with Crippen LogP contribution in [0.3, 0.4) is 0 Å². The third-order valence-corrected chi connectivity index (χ3v) is 7.59. The Kier molecular flexibility index (Phi) is 5.35. The fraction of sp³-hybridized carbons (Fsp3) is 0.500. The van der Waals surface area contributed by atoms with Gasteiger partial charge in [-0.2, -0.15) is 0 Å². The molecule has 0 aromatic carbocycles. The summed E-state index contributed by atoms with van der Waals surface area (Å²) in [4.78, 5) is 12.1. The number of carbonyl (C=O) groups excluding carboxylic acids is 1. The maximum Gasteiger partial charge on any atom is 0.230 e. The number of furan rings is 1. The van der Waals surface area contributed by atoms with E-state index in [9.17, 15) is 13.2 Å². The van der Waals surface area contributed by atoms with Gasteiger partial charge in [-0.25, -0.2) is 8.42 Å². The number of anilines is 1. The number of sulfone groups is 1. The van der Waals surface area contributed by atoms with Gasteiger partial charge in [-0.3, -0.25) is 4.79 Å². The molecule has 136 valence electrons. The molecule has 0 spiro atoms. The maximum absolute atomic E-state index is 12.1. The van der Waals surface area contributed by atoms with Crippen molar-refractivity contribution < 1.29 is 17.6 Å². The Labute approximate surface area is 153 Å². The number of rotatable bonds is 7. The van der Waals surface area contributed by atoms with Crippen LogP contribution in [0.4, 0.5) is 5.13 Å². The smallest absolute Gasteiger partial charge is 0.230 e. The van der Waals surface area contributed by atoms with Crippen LogP contribution in [-0.4, -0.2) is 47.3 Å². The van der Waals surface area contributed by atoms with E-state index < -0.39 is 15.4 Å². The number of hydrogen-bond acceptors (Lipinski definition) is 9. The highest BCUT2D eigenvalue weighted by Gasteiger charge is 2.39. The van der Waals surface area contributed by atoms with Gasteiger partial charge >= 0.3 is 0 Å². The van der Waals surface area contributed by atoms with Crippen molar-refractivity contribution in [2.75, 3.05) is 22.6 Å². The number of thioether (sulfide) groups is 1. The highest BCUT2D eigenvalue weighted by Crippen LogP contribution is 2.27. The molecular weight excluding hydrogens is 384 g/mol. The minimum absolute atomic E-state index is 0.00391. The molecule has 1 saturated heterocycles. The van der Waals surface area contributed by atoms with Crippen molar-refractivity contribution in [1.29, 1.82) is 0 Å². The average Bonchev–Trinajstić information content (AvgIpc) is 3.24. The molecule has 0 aliphatic carbocycles. The van der Waals surface area contributed by atoms with Crippen molar-refractivity contribution in [3.05, 3.63) is 24.2 Å². The lowest BCUT2D eigenvalue weighted by Gasteiger charge is -2.23. The van der Waals surface area contributed by atoms with Crippen LogP contribution in [-0.2, 0) is 21.2 Å². The molecular formula is C14H18N4O4S3. The molecule has 25 heavy (non-hydrogen) atoms. The molecule has 1 aliphatic heterocycles. The number of carbonyl (C=O) groups is 1. The van der Waals surface area contributed by atoms with E-state index in [4.69, 9.17) is 4.42 Å². The predicted molar refractivity (Wildman–Crippen MR) is 96.5 cm³/mol. The van der Waals surface area contributed by atoms with E-state index in [2.05, 4.69) is 20.8 Å². The molecule has 3 heterocycles. The number of nitrogens with zero attached hydrogens (tertiary/aromatic N) is 2. The maximum atomic E-state index is 12.1. The third-order valence-electron chi connectivity index (χ3n) is 3.67. The molecule has 1 atom stereocenters. The van der Waals surface area contributed by atoms with Gasteiger partial charge in [0.05, 0.1) is 35.6 Å². The van der Waals surface area contributed by atoms with Gasteiger partial charge in [0.15, 0.2) is 14.2 Å². The Morgan fingerprint density at radius 3 is 3.00 bits per heavy atom. The fourth-order valence-electron chi connectivity index (χ4n) is 2.52. The van der Waals surface area contributed by atoms with E-state index >= 15 is 0 Å². The van der Waals surface area contributed by atoms with Crippen molar-refractivity contribution >= 4 is 44.0 Å². The molecule has 0 unspecified atom stereocenters. The average molecular weight is 403 g/mol. The van der Waals surface area contributed by atoms with Crippen LogP contribution in [0.25, 0.3) is 0 Å². The first-order chi connectivity index (χ1) is 11.8. The van der Waals surface area contributed by atoms with Crippen molar-refractivity contribution in [3.8, 4) is 0 Å². The van der Waals surface area contributed by atoms with Gasteiger partial charge in [0.25, 0.3) is 0 Å². The van der Waals surface area contributed by atoms with E-state index in [-0.39, 0.29) is 23.2 Å². The van der Waals surface area contributed by atoms with E-state index in [0.29, 0.717) is 22.4 Å². The van der Waals surface area contributed by atoms with Crippen LogP contribution in [0.5, 0.6) is 0 Å². The summed E-state index contributed by atoms with van der Waals surface area (Å²) in [6.07, 6.45) is 2.05. The number of hydrogen-bond donors (Lipinski definition) is 2. The van der Waals surface area contributed by atoms with Crippen molar-refractivity contribution in [1.82, 2.24) is 15.5 Å². The van der Waals surface area contributed by atoms with Crippen LogP contribution >= 0.6 is 23.1 Å². The van der Waals surface area contributed by atoms with Gasteiger partial charge in [-0.05, 0) is 25.5 Å². The summed E-state index contributed by atoms with van der Waals surface area (Å²) in [5.74, 6) is 0.879. The van der Waals surface area contributed by atoms with Crippen LogP contribution < -0.4 is 10.6 Å². The molecule has 0 radical (unpaired) electrons. The zero-order valence-electron chi connectivity index (χ0n) is 13.5. The van der Waals surface area contributed by atoms with Gasteiger partial charge < -0.3 is 15.1 Å². The molecule has 2 aromatic rings. The molecule has 2 N–H and O–H groups in total. The summed E-state index contributed by atoms with van der Waals surface area (Å²) in [6, 6.07) is 3.67. The fourth-order valence-corrected chi connectivity index (χ4v) is 6.17. The highest BCUT2D eigenvalue weighted by molar-refractivity contribution is 8.01. The summed E-state index contributed by atoms with van der Waals surface area (Å²) < 4.78 is 29.0. The first-order valence-electron chi connectivity index (χ1n) is 7.58. The molecule has 2 aromatic heterocycles. The first kappa shape index (κ1) is 18.2. The molecule has 3 rings (SSSR count). The zero-order chi connectivity index (χ0) is 17.9. The number of nitrogens with one attached hydrogen (secondary N) is 2. The van der Waals surface area contributed by atoms with Crippen LogP contribution in [0.15, 0.2) is 27.2 Å². The normalized spacial score (nSPS) is 22.0. The summed E-state index contributed by atoms with van der Waals surface area (Å²) >= 11 is 2.63. The summed E-state index contributed by atoms with van der Waals surface area (Å²) in [5, 5.41) is 14.6. The molecule has 11 heteroatoms. The molecule has 0 saturated carbocycles. The van der Waals surface area contributed by atoms with Gasteiger partial charge in [-0.1, -0.05) is 23.1 Å². The number of aromatic nitrogens is 2. The second-order valence-electron chi connectivity index (χ2n) is 6.05. The molecule has 1 fully saturated rings. The Balaban J connectivity index is 1.45. The third kappa shape index (κ3) is 5.19. The van der Waals surface area contributed by atoms with Crippen molar-refractivity contribution in [2.24, 2.45) is 0 Å². The summed E-state index contributed by atoms with van der Waals surface area (Å²) in [7, 11) is -3.05. The van der Waals surface area contributed by atoms with E-state index in [1.54, 1.807) is 13.2 Å². The second kappa shape index (κ2) is 7.34. The second-order valence-corrected chi connectivity index (χ2v) is 10.4. The summed E-state index contributed by atoms with van der Waals surface area (Å²) in [5.41, 5.74) is -0.673. The Morgan fingerprint density at radius 2 is 2.32 bits per heavy atom. The lowest BCUT2D eigenvalue weighted by atomic mass is 10.0. The standard InChI is InChI=1S/C14H18N4O4S3/c1-14(4-6-25(20,21)9-14)16-11(19)8-23-13-18-17-12(24-13)15-7-10-3-2-5-22-10/h2-3,5H,4,6-9H2,1H3,(H,15,17)(H,16,19)/t14-/m0/s1. The lowest BCUT2D eigenvalue weighted by Crippen LogP contribution is -2.47. The number of amides is 1. The zero-order valence-corrected chi connectivity index (χ0v) is 16.0.